The fraction of sp³-hybridized carbons (Fsp3) is 0.667. The maximum atomic E-state index is 13.3. The number of urea groups is 1. The van der Waals surface area contributed by atoms with E-state index in [-0.39, 0.29) is 24.0 Å². The molecule has 0 unspecified atom stereocenters. The lowest BCUT2D eigenvalue weighted by Crippen LogP contribution is -2.52. The zero-order chi connectivity index (χ0) is 22.3. The molecule has 32 heavy (non-hydrogen) atoms. The first-order valence-corrected chi connectivity index (χ1v) is 12.1. The van der Waals surface area contributed by atoms with E-state index >= 15 is 0 Å². The summed E-state index contributed by atoms with van der Waals surface area (Å²) in [5, 5.41) is 3.10. The number of morpholine rings is 1. The number of benzene rings is 1. The van der Waals surface area contributed by atoms with Crippen molar-refractivity contribution >= 4 is 17.6 Å². The molecule has 3 amide bonds. The largest absolute Gasteiger partial charge is 0.486 e. The Balaban J connectivity index is 1.22. The Labute approximate surface area is 190 Å². The Hall–Kier alpha value is -2.32. The van der Waals surface area contributed by atoms with E-state index in [1.54, 1.807) is 0 Å². The molecule has 176 valence electrons. The Bertz CT molecular complexity index is 775. The first-order chi connectivity index (χ1) is 15.7. The van der Waals surface area contributed by atoms with Crippen LogP contribution in [0.25, 0.3) is 0 Å². The van der Waals surface area contributed by atoms with Crippen molar-refractivity contribution < 1.29 is 19.1 Å². The number of rotatable bonds is 6. The molecule has 3 aliphatic rings. The SMILES string of the molecule is CC[C@@H]1CN(C(=O)N2CCC(C(=O)NCCCN3CCOCC3)CC2)c2ccccc2O1. The van der Waals surface area contributed by atoms with Crippen molar-refractivity contribution in [2.24, 2.45) is 5.92 Å². The molecule has 2 saturated heterocycles. The number of hydrogen-bond donors (Lipinski definition) is 1. The second-order valence-corrected chi connectivity index (χ2v) is 8.87. The van der Waals surface area contributed by atoms with Crippen LogP contribution < -0.4 is 15.0 Å². The zero-order valence-corrected chi connectivity index (χ0v) is 19.1. The lowest BCUT2D eigenvalue weighted by atomic mass is 9.96. The highest BCUT2D eigenvalue weighted by molar-refractivity contribution is 5.94. The van der Waals surface area contributed by atoms with Gasteiger partial charge >= 0.3 is 6.03 Å². The Morgan fingerprint density at radius 2 is 1.84 bits per heavy atom. The molecule has 0 aliphatic carbocycles. The van der Waals surface area contributed by atoms with Crippen molar-refractivity contribution in [3.05, 3.63) is 24.3 Å². The second kappa shape index (κ2) is 11.0. The molecule has 0 radical (unpaired) electrons. The first-order valence-electron chi connectivity index (χ1n) is 12.1. The predicted octanol–water partition coefficient (Wildman–Crippen LogP) is 2.33. The van der Waals surface area contributed by atoms with Gasteiger partial charge in [-0.1, -0.05) is 19.1 Å². The first kappa shape index (κ1) is 22.9. The minimum atomic E-state index is -0.0113. The molecule has 0 aromatic heterocycles. The fourth-order valence-electron chi connectivity index (χ4n) is 4.68. The van der Waals surface area contributed by atoms with Crippen LogP contribution in [-0.2, 0) is 9.53 Å². The van der Waals surface area contributed by atoms with Gasteiger partial charge in [-0.25, -0.2) is 4.79 Å². The number of ether oxygens (including phenoxy) is 2. The summed E-state index contributed by atoms with van der Waals surface area (Å²) in [6.45, 7) is 9.14. The van der Waals surface area contributed by atoms with Crippen LogP contribution in [-0.4, -0.2) is 86.9 Å². The standard InChI is InChI=1S/C24H36N4O4/c1-2-20-18-28(21-6-3-4-7-22(21)32-20)24(30)27-12-8-19(9-13-27)23(29)25-10-5-11-26-14-16-31-17-15-26/h3-4,6-7,19-20H,2,5,8-18H2,1H3,(H,25,29)/t20-/m1/s1. The maximum absolute atomic E-state index is 13.3. The molecule has 1 aromatic carbocycles. The highest BCUT2D eigenvalue weighted by Crippen LogP contribution is 2.35. The summed E-state index contributed by atoms with van der Waals surface area (Å²) < 4.78 is 11.4. The molecule has 4 rings (SSSR count). The smallest absolute Gasteiger partial charge is 0.324 e. The van der Waals surface area contributed by atoms with Crippen LogP contribution in [0.15, 0.2) is 24.3 Å². The lowest BCUT2D eigenvalue weighted by molar-refractivity contribution is -0.126. The minimum Gasteiger partial charge on any atom is -0.486 e. The minimum absolute atomic E-state index is 0.00892. The van der Waals surface area contributed by atoms with Gasteiger partial charge in [0, 0.05) is 38.6 Å². The van der Waals surface area contributed by atoms with E-state index in [2.05, 4.69) is 17.1 Å². The molecule has 1 aromatic rings. The van der Waals surface area contributed by atoms with E-state index < -0.39 is 0 Å². The van der Waals surface area contributed by atoms with Crippen LogP contribution in [0, 0.1) is 5.92 Å². The van der Waals surface area contributed by atoms with Gasteiger partial charge in [0.05, 0.1) is 25.4 Å². The van der Waals surface area contributed by atoms with E-state index in [9.17, 15) is 9.59 Å². The number of nitrogens with one attached hydrogen (secondary N) is 1. The quantitative estimate of drug-likeness (QED) is 0.682. The third-order valence-corrected chi connectivity index (χ3v) is 6.71. The number of nitrogens with zero attached hydrogens (tertiary/aromatic N) is 3. The van der Waals surface area contributed by atoms with Crippen LogP contribution in [0.2, 0.25) is 0 Å². The molecule has 3 heterocycles. The van der Waals surface area contributed by atoms with Crippen molar-refractivity contribution in [1.29, 1.82) is 0 Å². The van der Waals surface area contributed by atoms with Gasteiger partial charge in [0.25, 0.3) is 0 Å². The van der Waals surface area contributed by atoms with Crippen molar-refractivity contribution in [2.45, 2.75) is 38.7 Å². The van der Waals surface area contributed by atoms with Gasteiger partial charge in [-0.3, -0.25) is 14.6 Å². The number of hydrogen-bond acceptors (Lipinski definition) is 5. The van der Waals surface area contributed by atoms with Crippen molar-refractivity contribution in [2.75, 3.05) is 63.9 Å². The summed E-state index contributed by atoms with van der Waals surface area (Å²) in [5.41, 5.74) is 0.835. The van der Waals surface area contributed by atoms with Crippen LogP contribution in [0.4, 0.5) is 10.5 Å². The molecule has 0 spiro atoms. The zero-order valence-electron chi connectivity index (χ0n) is 19.1. The van der Waals surface area contributed by atoms with Gasteiger partial charge in [-0.05, 0) is 44.4 Å². The van der Waals surface area contributed by atoms with Crippen molar-refractivity contribution in [1.82, 2.24) is 15.1 Å². The average molecular weight is 445 g/mol. The molecule has 0 saturated carbocycles. The summed E-state index contributed by atoms with van der Waals surface area (Å²) in [6.07, 6.45) is 3.24. The highest BCUT2D eigenvalue weighted by Gasteiger charge is 2.34. The highest BCUT2D eigenvalue weighted by atomic mass is 16.5. The van der Waals surface area contributed by atoms with Gasteiger partial charge in [0.1, 0.15) is 11.9 Å². The molecule has 1 N–H and O–H groups in total. The normalized spacial score (nSPS) is 22.2. The molecular formula is C24H36N4O4. The fourth-order valence-corrected chi connectivity index (χ4v) is 4.68. The number of amides is 3. The third-order valence-electron chi connectivity index (χ3n) is 6.71. The monoisotopic (exact) mass is 444 g/mol. The Morgan fingerprint density at radius 3 is 2.59 bits per heavy atom. The van der Waals surface area contributed by atoms with E-state index in [0.717, 1.165) is 57.1 Å². The number of fused-ring (bicyclic) bond motifs is 1. The van der Waals surface area contributed by atoms with Gasteiger partial charge < -0.3 is 19.7 Å². The molecule has 0 bridgehead atoms. The molecule has 8 nitrogen and oxygen atoms in total. The summed E-state index contributed by atoms with van der Waals surface area (Å²) in [7, 11) is 0. The van der Waals surface area contributed by atoms with Crippen LogP contribution in [0.1, 0.15) is 32.6 Å². The number of anilines is 1. The number of carbonyl (C=O) groups excluding carboxylic acids is 2. The number of likely N-dealkylation sites (tertiary alicyclic amines) is 1. The Kier molecular flexibility index (Phi) is 7.86. The van der Waals surface area contributed by atoms with Gasteiger partial charge in [0.2, 0.25) is 5.91 Å². The molecule has 2 fully saturated rings. The molecular weight excluding hydrogens is 408 g/mol. The van der Waals surface area contributed by atoms with E-state index in [1.165, 1.54) is 0 Å². The van der Waals surface area contributed by atoms with Gasteiger partial charge in [-0.2, -0.15) is 0 Å². The summed E-state index contributed by atoms with van der Waals surface area (Å²) >= 11 is 0. The number of para-hydroxylation sites is 2. The summed E-state index contributed by atoms with van der Waals surface area (Å²) in [6, 6.07) is 7.75. The Morgan fingerprint density at radius 1 is 1.09 bits per heavy atom. The molecule has 3 aliphatic heterocycles. The number of carbonyl (C=O) groups is 2. The van der Waals surface area contributed by atoms with E-state index in [1.807, 2.05) is 34.1 Å². The number of piperidine rings is 1. The average Bonchev–Trinajstić information content (AvgIpc) is 2.86. The van der Waals surface area contributed by atoms with Gasteiger partial charge in [0.15, 0.2) is 0 Å². The second-order valence-electron chi connectivity index (χ2n) is 8.87. The molecule has 8 heteroatoms. The topological polar surface area (TPSA) is 74.4 Å². The van der Waals surface area contributed by atoms with E-state index in [4.69, 9.17) is 9.47 Å². The third kappa shape index (κ3) is 5.53. The summed E-state index contributed by atoms with van der Waals surface area (Å²) in [4.78, 5) is 32.0. The van der Waals surface area contributed by atoms with Gasteiger partial charge in [-0.15, -0.1) is 0 Å². The summed E-state index contributed by atoms with van der Waals surface area (Å²) in [5.74, 6) is 0.884. The van der Waals surface area contributed by atoms with Crippen LogP contribution in [0.5, 0.6) is 5.75 Å². The van der Waals surface area contributed by atoms with Crippen LogP contribution >= 0.6 is 0 Å². The lowest BCUT2D eigenvalue weighted by Gasteiger charge is -2.39. The van der Waals surface area contributed by atoms with Crippen molar-refractivity contribution in [3.63, 3.8) is 0 Å². The van der Waals surface area contributed by atoms with E-state index in [0.29, 0.717) is 39.0 Å². The van der Waals surface area contributed by atoms with Crippen molar-refractivity contribution in [3.8, 4) is 5.75 Å². The predicted molar refractivity (Wildman–Crippen MR) is 123 cm³/mol. The molecule has 1 atom stereocenters. The van der Waals surface area contributed by atoms with Crippen LogP contribution in [0.3, 0.4) is 0 Å². The maximum Gasteiger partial charge on any atom is 0.324 e.